The van der Waals surface area contributed by atoms with E-state index in [2.05, 4.69) is 19.9 Å². The van der Waals surface area contributed by atoms with E-state index >= 15 is 0 Å². The summed E-state index contributed by atoms with van der Waals surface area (Å²) in [5, 5.41) is 0. The zero-order chi connectivity index (χ0) is 13.9. The predicted octanol–water partition coefficient (Wildman–Crippen LogP) is 1.55. The Labute approximate surface area is 116 Å². The Morgan fingerprint density at radius 1 is 1.20 bits per heavy atom. The van der Waals surface area contributed by atoms with Gasteiger partial charge in [0.15, 0.2) is 0 Å². The van der Waals surface area contributed by atoms with Crippen LogP contribution in [0, 0.1) is 6.92 Å². The lowest BCUT2D eigenvalue weighted by Gasteiger charge is -2.23. The van der Waals surface area contributed by atoms with Gasteiger partial charge in [-0.05, 0) is 19.8 Å². The number of likely N-dealkylation sites (tertiary alicyclic amines) is 1. The molecule has 1 fully saturated rings. The Morgan fingerprint density at radius 2 is 2.10 bits per heavy atom. The van der Waals surface area contributed by atoms with Gasteiger partial charge in [0.1, 0.15) is 5.69 Å². The van der Waals surface area contributed by atoms with E-state index in [-0.39, 0.29) is 11.9 Å². The fourth-order valence-electron chi connectivity index (χ4n) is 2.45. The van der Waals surface area contributed by atoms with Gasteiger partial charge in [0.25, 0.3) is 5.91 Å². The summed E-state index contributed by atoms with van der Waals surface area (Å²) in [6.45, 7) is 2.56. The first-order valence-corrected chi connectivity index (χ1v) is 6.61. The molecule has 0 aromatic carbocycles. The second kappa shape index (κ2) is 5.32. The lowest BCUT2D eigenvalue weighted by atomic mass is 10.1. The number of aromatic nitrogens is 4. The van der Waals surface area contributed by atoms with Crippen LogP contribution in [-0.2, 0) is 0 Å². The minimum absolute atomic E-state index is 0.0145. The molecular formula is C14H15N5O. The van der Waals surface area contributed by atoms with Crippen molar-refractivity contribution in [3.05, 3.63) is 48.1 Å². The first-order valence-electron chi connectivity index (χ1n) is 6.61. The highest BCUT2D eigenvalue weighted by Gasteiger charge is 2.32. The summed E-state index contributed by atoms with van der Waals surface area (Å²) in [5.41, 5.74) is 2.01. The van der Waals surface area contributed by atoms with Gasteiger partial charge in [0.05, 0.1) is 29.8 Å². The fourth-order valence-corrected chi connectivity index (χ4v) is 2.45. The lowest BCUT2D eigenvalue weighted by Crippen LogP contribution is -2.31. The van der Waals surface area contributed by atoms with Gasteiger partial charge in [-0.2, -0.15) is 0 Å². The molecule has 0 spiro atoms. The van der Waals surface area contributed by atoms with Crippen molar-refractivity contribution in [2.75, 3.05) is 6.54 Å². The predicted molar refractivity (Wildman–Crippen MR) is 71.8 cm³/mol. The highest BCUT2D eigenvalue weighted by Crippen LogP contribution is 2.31. The average Bonchev–Trinajstić information content (AvgIpc) is 2.97. The van der Waals surface area contributed by atoms with Gasteiger partial charge >= 0.3 is 0 Å². The van der Waals surface area contributed by atoms with Crippen LogP contribution in [0.2, 0.25) is 0 Å². The highest BCUT2D eigenvalue weighted by atomic mass is 16.2. The van der Waals surface area contributed by atoms with Crippen molar-refractivity contribution >= 4 is 5.91 Å². The first-order chi connectivity index (χ1) is 9.75. The third kappa shape index (κ3) is 2.36. The molecule has 0 aliphatic carbocycles. The molecule has 2 aromatic heterocycles. The lowest BCUT2D eigenvalue weighted by molar-refractivity contribution is 0.0726. The monoisotopic (exact) mass is 269 g/mol. The van der Waals surface area contributed by atoms with E-state index in [0.29, 0.717) is 5.69 Å². The molecule has 3 heterocycles. The molecular weight excluding hydrogens is 254 g/mol. The van der Waals surface area contributed by atoms with Crippen molar-refractivity contribution in [3.63, 3.8) is 0 Å². The van der Waals surface area contributed by atoms with E-state index < -0.39 is 0 Å². The number of aryl methyl sites for hydroxylation is 1. The summed E-state index contributed by atoms with van der Waals surface area (Å²) < 4.78 is 0. The van der Waals surface area contributed by atoms with Gasteiger partial charge in [0.2, 0.25) is 0 Å². The number of nitrogens with zero attached hydrogens (tertiary/aromatic N) is 5. The van der Waals surface area contributed by atoms with Gasteiger partial charge in [-0.3, -0.25) is 19.7 Å². The van der Waals surface area contributed by atoms with E-state index in [0.717, 1.165) is 30.8 Å². The Balaban J connectivity index is 1.85. The van der Waals surface area contributed by atoms with Gasteiger partial charge in [-0.1, -0.05) is 0 Å². The molecule has 1 aliphatic rings. The minimum atomic E-state index is -0.0920. The molecule has 0 unspecified atom stereocenters. The molecule has 2 aromatic rings. The van der Waals surface area contributed by atoms with E-state index in [1.165, 1.54) is 6.20 Å². The Morgan fingerprint density at radius 3 is 2.80 bits per heavy atom. The number of hydrogen-bond acceptors (Lipinski definition) is 5. The molecule has 0 N–H and O–H groups in total. The molecule has 1 aliphatic heterocycles. The molecule has 102 valence electrons. The van der Waals surface area contributed by atoms with Crippen LogP contribution < -0.4 is 0 Å². The van der Waals surface area contributed by atoms with E-state index in [1.807, 2.05) is 11.8 Å². The molecule has 3 rings (SSSR count). The molecule has 1 saturated heterocycles. The molecule has 1 amide bonds. The minimum Gasteiger partial charge on any atom is -0.329 e. The standard InChI is InChI=1S/C14H15N5O/c1-10-7-18-12(9-17-10)14(20)19-6-2-3-13(19)11-8-15-4-5-16-11/h4-5,7-9,13H,2-3,6H2,1H3/t13-/m1/s1. The van der Waals surface area contributed by atoms with Crippen molar-refractivity contribution in [2.24, 2.45) is 0 Å². The third-order valence-electron chi connectivity index (χ3n) is 3.44. The number of amides is 1. The van der Waals surface area contributed by atoms with Gasteiger partial charge in [-0.25, -0.2) is 4.98 Å². The van der Waals surface area contributed by atoms with Crippen molar-refractivity contribution in [2.45, 2.75) is 25.8 Å². The molecule has 1 atom stereocenters. The molecule has 0 radical (unpaired) electrons. The molecule has 0 saturated carbocycles. The highest BCUT2D eigenvalue weighted by molar-refractivity contribution is 5.92. The molecule has 6 nitrogen and oxygen atoms in total. The SMILES string of the molecule is Cc1cnc(C(=O)N2CCC[C@@H]2c2cnccn2)cn1. The fraction of sp³-hybridized carbons (Fsp3) is 0.357. The van der Waals surface area contributed by atoms with Crippen molar-refractivity contribution in [1.82, 2.24) is 24.8 Å². The number of hydrogen-bond donors (Lipinski definition) is 0. The summed E-state index contributed by atoms with van der Waals surface area (Å²) in [6.07, 6.45) is 10.0. The van der Waals surface area contributed by atoms with Crippen LogP contribution in [0.1, 0.15) is 40.8 Å². The van der Waals surface area contributed by atoms with Crippen LogP contribution in [0.5, 0.6) is 0 Å². The van der Waals surface area contributed by atoms with Crippen molar-refractivity contribution in [3.8, 4) is 0 Å². The zero-order valence-electron chi connectivity index (χ0n) is 11.2. The van der Waals surface area contributed by atoms with Crippen LogP contribution in [0.25, 0.3) is 0 Å². The maximum absolute atomic E-state index is 12.5. The summed E-state index contributed by atoms with van der Waals surface area (Å²) in [4.78, 5) is 31.0. The maximum Gasteiger partial charge on any atom is 0.274 e. The van der Waals surface area contributed by atoms with Crippen LogP contribution in [0.3, 0.4) is 0 Å². The zero-order valence-corrected chi connectivity index (χ0v) is 11.2. The maximum atomic E-state index is 12.5. The second-order valence-electron chi connectivity index (χ2n) is 4.83. The van der Waals surface area contributed by atoms with E-state index in [1.54, 1.807) is 24.8 Å². The molecule has 0 bridgehead atoms. The second-order valence-corrected chi connectivity index (χ2v) is 4.83. The van der Waals surface area contributed by atoms with E-state index in [9.17, 15) is 4.79 Å². The Kier molecular flexibility index (Phi) is 3.37. The van der Waals surface area contributed by atoms with Crippen molar-refractivity contribution < 1.29 is 4.79 Å². The van der Waals surface area contributed by atoms with Crippen LogP contribution >= 0.6 is 0 Å². The van der Waals surface area contributed by atoms with Crippen LogP contribution in [0.4, 0.5) is 0 Å². The molecule has 20 heavy (non-hydrogen) atoms. The van der Waals surface area contributed by atoms with Crippen molar-refractivity contribution in [1.29, 1.82) is 0 Å². The third-order valence-corrected chi connectivity index (χ3v) is 3.44. The summed E-state index contributed by atoms with van der Waals surface area (Å²) in [7, 11) is 0. The quantitative estimate of drug-likeness (QED) is 0.827. The normalized spacial score (nSPS) is 18.2. The Bertz CT molecular complexity index is 599. The summed E-state index contributed by atoms with van der Waals surface area (Å²) in [5.74, 6) is -0.0920. The first kappa shape index (κ1) is 12.7. The topological polar surface area (TPSA) is 71.9 Å². The molecule has 6 heteroatoms. The number of rotatable bonds is 2. The van der Waals surface area contributed by atoms with Crippen LogP contribution in [0.15, 0.2) is 31.0 Å². The van der Waals surface area contributed by atoms with E-state index in [4.69, 9.17) is 0 Å². The van der Waals surface area contributed by atoms with Gasteiger partial charge in [0, 0.05) is 25.1 Å². The van der Waals surface area contributed by atoms with Crippen LogP contribution in [-0.4, -0.2) is 37.3 Å². The largest absolute Gasteiger partial charge is 0.329 e. The average molecular weight is 269 g/mol. The Hall–Kier alpha value is -2.37. The number of carbonyl (C=O) groups is 1. The smallest absolute Gasteiger partial charge is 0.274 e. The number of carbonyl (C=O) groups excluding carboxylic acids is 1. The summed E-state index contributed by atoms with van der Waals surface area (Å²) in [6, 6.07) is -0.0145. The van der Waals surface area contributed by atoms with Gasteiger partial charge < -0.3 is 4.90 Å². The van der Waals surface area contributed by atoms with Gasteiger partial charge in [-0.15, -0.1) is 0 Å². The summed E-state index contributed by atoms with van der Waals surface area (Å²) >= 11 is 0.